The lowest BCUT2D eigenvalue weighted by Crippen LogP contribution is -2.48. The molecule has 0 radical (unpaired) electrons. The third kappa shape index (κ3) is 2.78. The van der Waals surface area contributed by atoms with E-state index < -0.39 is 0 Å². The normalized spacial score (nSPS) is 12.8. The Morgan fingerprint density at radius 3 is 1.18 bits per heavy atom. The molecule has 0 unspecified atom stereocenters. The zero-order chi connectivity index (χ0) is 13.6. The van der Waals surface area contributed by atoms with Gasteiger partial charge in [-0.2, -0.15) is 0 Å². The van der Waals surface area contributed by atoms with E-state index in [9.17, 15) is 0 Å². The van der Waals surface area contributed by atoms with Crippen LogP contribution in [0.1, 0.15) is 52.9 Å². The summed E-state index contributed by atoms with van der Waals surface area (Å²) in [5.74, 6) is 0. The average molecular weight is 227 g/mol. The standard InChI is InChI=1S/C13H24B3N/c1-12(2,3)10-8(15)7(14)9(16)11(17-10)13(4,5)6/h14-16H2,1-6H3. The molecule has 1 rings (SSSR count). The monoisotopic (exact) mass is 227 g/mol. The fourth-order valence-electron chi connectivity index (χ4n) is 2.38. The minimum absolute atomic E-state index is 0.114. The number of pyridine rings is 1. The first-order valence-electron chi connectivity index (χ1n) is 6.45. The summed E-state index contributed by atoms with van der Waals surface area (Å²) >= 11 is 0. The van der Waals surface area contributed by atoms with Crippen molar-refractivity contribution in [2.45, 2.75) is 52.4 Å². The van der Waals surface area contributed by atoms with Gasteiger partial charge in [0.15, 0.2) is 0 Å². The van der Waals surface area contributed by atoms with Gasteiger partial charge in [0, 0.05) is 22.2 Å². The minimum Gasteiger partial charge on any atom is -0.258 e. The van der Waals surface area contributed by atoms with Gasteiger partial charge in [-0.05, 0) is 0 Å². The molecule has 0 saturated carbocycles. The molecule has 4 heteroatoms. The van der Waals surface area contributed by atoms with Gasteiger partial charge < -0.3 is 0 Å². The summed E-state index contributed by atoms with van der Waals surface area (Å²) in [5.41, 5.74) is 6.81. The second-order valence-corrected chi connectivity index (χ2v) is 7.18. The van der Waals surface area contributed by atoms with Crippen LogP contribution in [-0.4, -0.2) is 28.5 Å². The van der Waals surface area contributed by atoms with Crippen molar-refractivity contribution in [3.8, 4) is 0 Å². The molecule has 0 saturated heterocycles. The molecule has 0 spiro atoms. The molecule has 0 amide bonds. The van der Waals surface area contributed by atoms with Crippen LogP contribution in [0.15, 0.2) is 0 Å². The lowest BCUT2D eigenvalue weighted by Gasteiger charge is -2.29. The van der Waals surface area contributed by atoms with Crippen molar-refractivity contribution in [1.29, 1.82) is 0 Å². The molecule has 0 atom stereocenters. The second-order valence-electron chi connectivity index (χ2n) is 7.18. The lowest BCUT2D eigenvalue weighted by molar-refractivity contribution is 0.538. The third-order valence-corrected chi connectivity index (χ3v) is 3.48. The van der Waals surface area contributed by atoms with Crippen molar-refractivity contribution in [2.75, 3.05) is 0 Å². The molecule has 1 aromatic rings. The Morgan fingerprint density at radius 1 is 0.647 bits per heavy atom. The van der Waals surface area contributed by atoms with E-state index in [-0.39, 0.29) is 10.8 Å². The number of hydrogen-bond donors (Lipinski definition) is 0. The highest BCUT2D eigenvalue weighted by atomic mass is 14.8. The van der Waals surface area contributed by atoms with Crippen LogP contribution in [-0.2, 0) is 10.8 Å². The first kappa shape index (κ1) is 14.4. The van der Waals surface area contributed by atoms with Crippen molar-refractivity contribution in [3.63, 3.8) is 0 Å². The molecule has 0 aromatic carbocycles. The fourth-order valence-corrected chi connectivity index (χ4v) is 2.38. The zero-order valence-corrected chi connectivity index (χ0v) is 12.9. The van der Waals surface area contributed by atoms with Gasteiger partial charge in [-0.25, -0.2) is 0 Å². The largest absolute Gasteiger partial charge is 0.258 e. The van der Waals surface area contributed by atoms with Crippen molar-refractivity contribution in [1.82, 2.24) is 4.98 Å². The molecular weight excluding hydrogens is 203 g/mol. The third-order valence-electron chi connectivity index (χ3n) is 3.48. The summed E-state index contributed by atoms with van der Waals surface area (Å²) in [6, 6.07) is 0. The van der Waals surface area contributed by atoms with Crippen LogP contribution in [0.5, 0.6) is 0 Å². The molecule has 1 aromatic heterocycles. The molecule has 0 bridgehead atoms. The van der Waals surface area contributed by atoms with Gasteiger partial charge in [-0.1, -0.05) is 57.9 Å². The van der Waals surface area contributed by atoms with E-state index in [0.29, 0.717) is 0 Å². The van der Waals surface area contributed by atoms with Crippen LogP contribution < -0.4 is 16.4 Å². The van der Waals surface area contributed by atoms with Crippen LogP contribution in [0, 0.1) is 0 Å². The molecule has 0 N–H and O–H groups in total. The predicted octanol–water partition coefficient (Wildman–Crippen LogP) is -1.55. The van der Waals surface area contributed by atoms with E-state index in [4.69, 9.17) is 4.98 Å². The van der Waals surface area contributed by atoms with Crippen LogP contribution in [0.25, 0.3) is 0 Å². The summed E-state index contributed by atoms with van der Waals surface area (Å²) in [4.78, 5) is 4.98. The van der Waals surface area contributed by atoms with Gasteiger partial charge in [0.1, 0.15) is 23.5 Å². The molecule has 90 valence electrons. The van der Waals surface area contributed by atoms with Crippen LogP contribution in [0.4, 0.5) is 0 Å². The summed E-state index contributed by atoms with van der Waals surface area (Å²) < 4.78 is 0. The first-order valence-corrected chi connectivity index (χ1v) is 6.45. The molecule has 17 heavy (non-hydrogen) atoms. The Kier molecular flexibility index (Phi) is 3.58. The van der Waals surface area contributed by atoms with E-state index in [1.807, 2.05) is 0 Å². The highest BCUT2D eigenvalue weighted by Gasteiger charge is 2.25. The minimum atomic E-state index is 0.114. The lowest BCUT2D eigenvalue weighted by atomic mass is 9.66. The first-order chi connectivity index (χ1) is 7.46. The predicted molar refractivity (Wildman–Crippen MR) is 86.2 cm³/mol. The van der Waals surface area contributed by atoms with Gasteiger partial charge in [-0.3, -0.25) is 4.98 Å². The summed E-state index contributed by atoms with van der Waals surface area (Å²) in [5, 5.41) is 0. The van der Waals surface area contributed by atoms with Gasteiger partial charge in [0.25, 0.3) is 0 Å². The molecule has 1 heterocycles. The summed E-state index contributed by atoms with van der Waals surface area (Å²) in [7, 11) is 6.61. The molecule has 1 nitrogen and oxygen atoms in total. The number of rotatable bonds is 0. The average Bonchev–Trinajstić information content (AvgIpc) is 2.10. The zero-order valence-electron chi connectivity index (χ0n) is 12.9. The van der Waals surface area contributed by atoms with Crippen LogP contribution in [0.2, 0.25) is 0 Å². The maximum Gasteiger partial charge on any atom is 0.140 e. The van der Waals surface area contributed by atoms with Crippen molar-refractivity contribution in [3.05, 3.63) is 11.4 Å². The molecule has 0 aliphatic carbocycles. The van der Waals surface area contributed by atoms with E-state index in [1.54, 1.807) is 0 Å². The molecule has 0 fully saturated rings. The smallest absolute Gasteiger partial charge is 0.140 e. The number of nitrogens with zero attached hydrogens (tertiary/aromatic N) is 1. The second kappa shape index (κ2) is 4.22. The van der Waals surface area contributed by atoms with Crippen LogP contribution >= 0.6 is 0 Å². The van der Waals surface area contributed by atoms with E-state index in [0.717, 1.165) is 0 Å². The van der Waals surface area contributed by atoms with Crippen molar-refractivity contribution >= 4 is 39.9 Å². The molecule has 0 aliphatic heterocycles. The van der Waals surface area contributed by atoms with E-state index in [1.165, 1.54) is 27.8 Å². The number of hydrogen-bond acceptors (Lipinski definition) is 1. The highest BCUT2D eigenvalue weighted by Crippen LogP contribution is 2.22. The maximum atomic E-state index is 4.98. The SMILES string of the molecule is Bc1c(C(C)(C)C)nc(C(C)(C)C)c(B)c1B. The van der Waals surface area contributed by atoms with E-state index >= 15 is 0 Å². The summed E-state index contributed by atoms with van der Waals surface area (Å²) in [6.07, 6.45) is 0. The summed E-state index contributed by atoms with van der Waals surface area (Å²) in [6.45, 7) is 13.4. The fraction of sp³-hybridized carbons (Fsp3) is 0.615. The molecular formula is C13H24B3N. The Balaban J connectivity index is 3.63. The highest BCUT2D eigenvalue weighted by molar-refractivity contribution is 6.57. The Hall–Kier alpha value is -0.655. The maximum absolute atomic E-state index is 4.98. The van der Waals surface area contributed by atoms with Crippen molar-refractivity contribution in [2.24, 2.45) is 0 Å². The van der Waals surface area contributed by atoms with Crippen LogP contribution in [0.3, 0.4) is 0 Å². The van der Waals surface area contributed by atoms with Gasteiger partial charge in [0.05, 0.1) is 0 Å². The molecule has 0 aliphatic rings. The van der Waals surface area contributed by atoms with E-state index in [2.05, 4.69) is 65.1 Å². The Bertz CT molecular complexity index is 401. The van der Waals surface area contributed by atoms with Gasteiger partial charge >= 0.3 is 0 Å². The Labute approximate surface area is 109 Å². The van der Waals surface area contributed by atoms with Crippen molar-refractivity contribution < 1.29 is 0 Å². The number of aromatic nitrogens is 1. The van der Waals surface area contributed by atoms with Gasteiger partial charge in [0.2, 0.25) is 0 Å². The topological polar surface area (TPSA) is 12.9 Å². The quantitative estimate of drug-likeness (QED) is 0.489. The Morgan fingerprint density at radius 2 is 0.941 bits per heavy atom. The van der Waals surface area contributed by atoms with Gasteiger partial charge in [-0.15, -0.1) is 0 Å².